The minimum absolute atomic E-state index is 0.166. The number of hydrogen-bond acceptors (Lipinski definition) is 5. The van der Waals surface area contributed by atoms with Gasteiger partial charge in [0.05, 0.1) is 37.2 Å². The van der Waals surface area contributed by atoms with E-state index in [0.29, 0.717) is 24.5 Å². The standard InChI is InChI=1S/C16H17N5O3/c1-20-8-12(6-18-20)24-14-10-23-9-13(14)19-16(22)11-2-3-15-17-4-5-21(15)7-11/h2-8,13-14H,9-10H2,1H3,(H,19,22)/t13-,14+/m0/s1. The summed E-state index contributed by atoms with van der Waals surface area (Å²) >= 11 is 0. The zero-order chi connectivity index (χ0) is 16.5. The van der Waals surface area contributed by atoms with Crippen LogP contribution >= 0.6 is 0 Å². The molecule has 1 N–H and O–H groups in total. The van der Waals surface area contributed by atoms with Crippen LogP contribution in [-0.4, -0.2) is 50.4 Å². The van der Waals surface area contributed by atoms with Crippen molar-refractivity contribution in [2.45, 2.75) is 12.1 Å². The van der Waals surface area contributed by atoms with Crippen LogP contribution in [-0.2, 0) is 11.8 Å². The molecule has 1 aliphatic rings. The summed E-state index contributed by atoms with van der Waals surface area (Å²) in [6.45, 7) is 0.852. The van der Waals surface area contributed by atoms with Crippen LogP contribution in [0.2, 0.25) is 0 Å². The van der Waals surface area contributed by atoms with E-state index in [1.807, 2.05) is 17.5 Å². The average molecular weight is 327 g/mol. The first-order chi connectivity index (χ1) is 11.7. The van der Waals surface area contributed by atoms with Crippen molar-refractivity contribution in [2.24, 2.45) is 7.05 Å². The van der Waals surface area contributed by atoms with Gasteiger partial charge in [-0.1, -0.05) is 0 Å². The third kappa shape index (κ3) is 2.83. The number of aryl methyl sites for hydroxylation is 1. The maximum absolute atomic E-state index is 12.5. The Morgan fingerprint density at radius 1 is 1.38 bits per heavy atom. The molecule has 24 heavy (non-hydrogen) atoms. The molecule has 1 amide bonds. The topological polar surface area (TPSA) is 82.7 Å². The minimum Gasteiger partial charge on any atom is -0.482 e. The highest BCUT2D eigenvalue weighted by Crippen LogP contribution is 2.16. The fraction of sp³-hybridized carbons (Fsp3) is 0.312. The van der Waals surface area contributed by atoms with Crippen molar-refractivity contribution in [1.82, 2.24) is 24.5 Å². The van der Waals surface area contributed by atoms with Crippen LogP contribution < -0.4 is 10.1 Å². The van der Waals surface area contributed by atoms with Gasteiger partial charge in [0.25, 0.3) is 5.91 Å². The van der Waals surface area contributed by atoms with Gasteiger partial charge in [0.1, 0.15) is 11.8 Å². The van der Waals surface area contributed by atoms with Crippen LogP contribution in [0.15, 0.2) is 43.1 Å². The summed E-state index contributed by atoms with van der Waals surface area (Å²) in [4.78, 5) is 16.7. The smallest absolute Gasteiger partial charge is 0.253 e. The SMILES string of the molecule is Cn1cc(O[C@@H]2COC[C@@H]2NC(=O)c2ccc3nccn3c2)cn1. The van der Waals surface area contributed by atoms with E-state index in [2.05, 4.69) is 15.4 Å². The first-order valence-electron chi connectivity index (χ1n) is 7.66. The molecule has 0 aromatic carbocycles. The number of nitrogens with zero attached hydrogens (tertiary/aromatic N) is 4. The quantitative estimate of drug-likeness (QED) is 0.760. The lowest BCUT2D eigenvalue weighted by atomic mass is 10.2. The molecule has 2 atom stereocenters. The highest BCUT2D eigenvalue weighted by atomic mass is 16.5. The number of pyridine rings is 1. The summed E-state index contributed by atoms with van der Waals surface area (Å²) in [6.07, 6.45) is 8.44. The predicted molar refractivity (Wildman–Crippen MR) is 84.9 cm³/mol. The number of carbonyl (C=O) groups is 1. The second-order valence-corrected chi connectivity index (χ2v) is 5.73. The number of rotatable bonds is 4. The Labute approximate surface area is 138 Å². The predicted octanol–water partition coefficient (Wildman–Crippen LogP) is 0.644. The molecule has 8 nitrogen and oxygen atoms in total. The number of imidazole rings is 1. The summed E-state index contributed by atoms with van der Waals surface area (Å²) in [7, 11) is 1.82. The van der Waals surface area contributed by atoms with Crippen LogP contribution in [0.5, 0.6) is 5.75 Å². The van der Waals surface area contributed by atoms with Crippen LogP contribution in [0.25, 0.3) is 5.65 Å². The number of ether oxygens (including phenoxy) is 2. The van der Waals surface area contributed by atoms with E-state index in [-0.39, 0.29) is 18.1 Å². The van der Waals surface area contributed by atoms with Crippen LogP contribution in [0.1, 0.15) is 10.4 Å². The number of carbonyl (C=O) groups excluding carboxylic acids is 1. The van der Waals surface area contributed by atoms with Crippen LogP contribution in [0.4, 0.5) is 0 Å². The fourth-order valence-electron chi connectivity index (χ4n) is 2.73. The Morgan fingerprint density at radius 3 is 3.12 bits per heavy atom. The van der Waals surface area contributed by atoms with Gasteiger partial charge in [0.15, 0.2) is 5.75 Å². The lowest BCUT2D eigenvalue weighted by molar-refractivity contribution is 0.0903. The van der Waals surface area contributed by atoms with Gasteiger partial charge in [0.2, 0.25) is 0 Å². The Bertz CT molecular complexity index is 871. The Hall–Kier alpha value is -2.87. The highest BCUT2D eigenvalue weighted by molar-refractivity contribution is 5.94. The normalized spacial score (nSPS) is 20.4. The highest BCUT2D eigenvalue weighted by Gasteiger charge is 2.32. The van der Waals surface area contributed by atoms with E-state index >= 15 is 0 Å². The number of amides is 1. The molecule has 0 spiro atoms. The molecule has 0 radical (unpaired) electrons. The third-order valence-corrected chi connectivity index (χ3v) is 3.96. The van der Waals surface area contributed by atoms with Crippen LogP contribution in [0, 0.1) is 0 Å². The summed E-state index contributed by atoms with van der Waals surface area (Å²) in [5.74, 6) is 0.493. The zero-order valence-corrected chi connectivity index (χ0v) is 13.1. The molecular weight excluding hydrogens is 310 g/mol. The van der Waals surface area contributed by atoms with Crippen molar-refractivity contribution in [3.05, 3.63) is 48.7 Å². The second kappa shape index (κ2) is 5.97. The Morgan fingerprint density at radius 2 is 2.29 bits per heavy atom. The Balaban J connectivity index is 1.45. The largest absolute Gasteiger partial charge is 0.482 e. The van der Waals surface area contributed by atoms with Gasteiger partial charge in [-0.3, -0.25) is 9.48 Å². The molecule has 3 aromatic rings. The summed E-state index contributed by atoms with van der Waals surface area (Å²) in [5.41, 5.74) is 1.36. The number of nitrogens with one attached hydrogen (secondary N) is 1. The molecule has 4 heterocycles. The van der Waals surface area contributed by atoms with E-state index in [1.165, 1.54) is 0 Å². The first kappa shape index (κ1) is 14.7. The van der Waals surface area contributed by atoms with Gasteiger partial charge in [-0.25, -0.2) is 4.98 Å². The molecule has 0 saturated carbocycles. The molecule has 8 heteroatoms. The van der Waals surface area contributed by atoms with E-state index in [0.717, 1.165) is 5.65 Å². The Kier molecular flexibility index (Phi) is 3.66. The van der Waals surface area contributed by atoms with Crippen molar-refractivity contribution in [3.8, 4) is 5.75 Å². The molecule has 124 valence electrons. The van der Waals surface area contributed by atoms with Gasteiger partial charge in [0, 0.05) is 25.6 Å². The van der Waals surface area contributed by atoms with Gasteiger partial charge in [-0.15, -0.1) is 0 Å². The van der Waals surface area contributed by atoms with E-state index in [1.54, 1.807) is 41.7 Å². The second-order valence-electron chi connectivity index (χ2n) is 5.73. The molecule has 0 aliphatic carbocycles. The van der Waals surface area contributed by atoms with Crippen LogP contribution in [0.3, 0.4) is 0 Å². The van der Waals surface area contributed by atoms with Gasteiger partial charge < -0.3 is 19.2 Å². The molecule has 1 aliphatic heterocycles. The first-order valence-corrected chi connectivity index (χ1v) is 7.66. The zero-order valence-electron chi connectivity index (χ0n) is 13.1. The minimum atomic E-state index is -0.241. The van der Waals surface area contributed by atoms with Gasteiger partial charge >= 0.3 is 0 Å². The van der Waals surface area contributed by atoms with Crippen molar-refractivity contribution >= 4 is 11.6 Å². The lowest BCUT2D eigenvalue weighted by Crippen LogP contribution is -2.45. The molecule has 1 saturated heterocycles. The molecule has 3 aromatic heterocycles. The maximum atomic E-state index is 12.5. The third-order valence-electron chi connectivity index (χ3n) is 3.96. The molecular formula is C16H17N5O3. The number of aromatic nitrogens is 4. The maximum Gasteiger partial charge on any atom is 0.253 e. The van der Waals surface area contributed by atoms with Crippen molar-refractivity contribution in [2.75, 3.05) is 13.2 Å². The molecule has 1 fully saturated rings. The number of fused-ring (bicyclic) bond motifs is 1. The lowest BCUT2D eigenvalue weighted by Gasteiger charge is -2.19. The summed E-state index contributed by atoms with van der Waals surface area (Å²) in [5, 5.41) is 7.05. The van der Waals surface area contributed by atoms with Crippen molar-refractivity contribution < 1.29 is 14.3 Å². The van der Waals surface area contributed by atoms with E-state index in [4.69, 9.17) is 9.47 Å². The summed E-state index contributed by atoms with van der Waals surface area (Å²) in [6, 6.07) is 3.35. The number of hydrogen-bond donors (Lipinski definition) is 1. The molecule has 4 rings (SSSR count). The van der Waals surface area contributed by atoms with Gasteiger partial charge in [-0.2, -0.15) is 5.10 Å². The van der Waals surface area contributed by atoms with Gasteiger partial charge in [-0.05, 0) is 12.1 Å². The molecule has 0 bridgehead atoms. The average Bonchev–Trinajstić information content (AvgIpc) is 3.29. The van der Waals surface area contributed by atoms with E-state index < -0.39 is 0 Å². The summed E-state index contributed by atoms with van der Waals surface area (Å²) < 4.78 is 14.8. The van der Waals surface area contributed by atoms with E-state index in [9.17, 15) is 4.79 Å². The molecule has 0 unspecified atom stereocenters. The van der Waals surface area contributed by atoms with Crippen molar-refractivity contribution in [1.29, 1.82) is 0 Å². The fourth-order valence-corrected chi connectivity index (χ4v) is 2.73. The monoisotopic (exact) mass is 327 g/mol. The van der Waals surface area contributed by atoms with Crippen molar-refractivity contribution in [3.63, 3.8) is 0 Å².